The summed E-state index contributed by atoms with van der Waals surface area (Å²) in [4.78, 5) is 0. The fourth-order valence-electron chi connectivity index (χ4n) is 2.13. The summed E-state index contributed by atoms with van der Waals surface area (Å²) in [6.45, 7) is 0. The zero-order chi connectivity index (χ0) is 9.38. The van der Waals surface area contributed by atoms with Crippen molar-refractivity contribution >= 4 is 0 Å². The minimum absolute atomic E-state index is 0. The average Bonchev–Trinajstić information content (AvgIpc) is 2.26. The fraction of sp³-hybridized carbons (Fsp3) is 0.231. The normalized spacial score (nSPS) is 29.9. The van der Waals surface area contributed by atoms with Crippen LogP contribution in [-0.2, 0) is 0 Å². The topological polar surface area (TPSA) is 12.0 Å². The van der Waals surface area contributed by atoms with E-state index in [9.17, 15) is 0 Å². The summed E-state index contributed by atoms with van der Waals surface area (Å²) in [6, 6.07) is 0.404. The van der Waals surface area contributed by atoms with Crippen LogP contribution in [0.2, 0.25) is 0 Å². The number of rotatable bonds is 0. The van der Waals surface area contributed by atoms with Crippen molar-refractivity contribution in [3.05, 3.63) is 59.9 Å². The van der Waals surface area contributed by atoms with Gasteiger partial charge in [-0.2, -0.15) is 0 Å². The molecule has 0 aromatic heterocycles. The van der Waals surface area contributed by atoms with Gasteiger partial charge in [-0.25, -0.2) is 0 Å². The van der Waals surface area contributed by atoms with Crippen molar-refractivity contribution in [1.82, 2.24) is 5.32 Å². The summed E-state index contributed by atoms with van der Waals surface area (Å²) in [5.74, 6) is 0.415. The molecule has 0 saturated heterocycles. The molecule has 3 rings (SSSR count). The second-order valence-electron chi connectivity index (χ2n) is 3.82. The van der Waals surface area contributed by atoms with Gasteiger partial charge in [0.15, 0.2) is 6.08 Å². The van der Waals surface area contributed by atoms with Crippen molar-refractivity contribution in [2.24, 2.45) is 5.92 Å². The van der Waals surface area contributed by atoms with E-state index in [1.807, 2.05) is 6.08 Å². The van der Waals surface area contributed by atoms with Crippen LogP contribution in [0.5, 0.6) is 0 Å². The van der Waals surface area contributed by atoms with E-state index in [4.69, 9.17) is 0 Å². The Bertz CT molecular complexity index is 399. The van der Waals surface area contributed by atoms with Crippen molar-refractivity contribution < 1.29 is 24.0 Å². The van der Waals surface area contributed by atoms with E-state index < -0.39 is 0 Å². The Hall–Kier alpha value is -0.860. The third-order valence-corrected chi connectivity index (χ3v) is 2.88. The van der Waals surface area contributed by atoms with E-state index in [2.05, 4.69) is 47.8 Å². The molecule has 2 unspecified atom stereocenters. The average molecular weight is 309 g/mol. The second-order valence-corrected chi connectivity index (χ2v) is 3.82. The molecule has 1 heterocycles. The highest BCUT2D eigenvalue weighted by molar-refractivity contribution is 5.43. The maximum Gasteiger partial charge on any atom is 0.155 e. The molecule has 3 aliphatic rings. The summed E-state index contributed by atoms with van der Waals surface area (Å²) in [7, 11) is 0. The molecular weight excluding hydrogens is 297 g/mol. The molecular formula is C13H12IN. The van der Waals surface area contributed by atoms with E-state index in [-0.39, 0.29) is 24.0 Å². The SMILES string of the molecule is [C+]1=CC=CC2NC3=CC=CCC3=CC12.[I-]. The van der Waals surface area contributed by atoms with Crippen molar-refractivity contribution in [2.75, 3.05) is 0 Å². The van der Waals surface area contributed by atoms with Crippen molar-refractivity contribution in [3.63, 3.8) is 0 Å². The van der Waals surface area contributed by atoms with Crippen molar-refractivity contribution in [3.8, 4) is 0 Å². The van der Waals surface area contributed by atoms with Gasteiger partial charge >= 0.3 is 0 Å². The van der Waals surface area contributed by atoms with Crippen LogP contribution in [0.4, 0.5) is 0 Å². The lowest BCUT2D eigenvalue weighted by Gasteiger charge is -2.28. The van der Waals surface area contributed by atoms with Crippen LogP contribution in [0.1, 0.15) is 6.42 Å². The molecule has 0 amide bonds. The molecule has 2 aliphatic carbocycles. The summed E-state index contributed by atoms with van der Waals surface area (Å²) >= 11 is 0. The van der Waals surface area contributed by atoms with Gasteiger partial charge in [0.2, 0.25) is 0 Å². The van der Waals surface area contributed by atoms with Gasteiger partial charge in [-0.3, -0.25) is 0 Å². The van der Waals surface area contributed by atoms with Gasteiger partial charge in [0.25, 0.3) is 0 Å². The molecule has 2 heteroatoms. The van der Waals surface area contributed by atoms with Crippen LogP contribution in [0.3, 0.4) is 0 Å². The lowest BCUT2D eigenvalue weighted by molar-refractivity contribution is -0.00000274. The van der Waals surface area contributed by atoms with Crippen LogP contribution < -0.4 is 29.3 Å². The first kappa shape index (κ1) is 10.7. The van der Waals surface area contributed by atoms with Crippen LogP contribution in [0, 0.1) is 12.0 Å². The van der Waals surface area contributed by atoms with Gasteiger partial charge in [-0.1, -0.05) is 12.2 Å². The Labute approximate surface area is 107 Å². The molecule has 0 radical (unpaired) electrons. The fourth-order valence-corrected chi connectivity index (χ4v) is 2.13. The highest BCUT2D eigenvalue weighted by Crippen LogP contribution is 2.28. The van der Waals surface area contributed by atoms with E-state index in [1.54, 1.807) is 0 Å². The molecule has 0 saturated carbocycles. The number of allylic oxidation sites excluding steroid dienone is 6. The summed E-state index contributed by atoms with van der Waals surface area (Å²) in [6.07, 6.45) is 19.5. The van der Waals surface area contributed by atoms with Gasteiger partial charge in [0.05, 0.1) is 18.2 Å². The Kier molecular flexibility index (Phi) is 3.08. The number of hydrogen-bond acceptors (Lipinski definition) is 1. The Morgan fingerprint density at radius 2 is 2.27 bits per heavy atom. The van der Waals surface area contributed by atoms with Crippen molar-refractivity contribution in [2.45, 2.75) is 12.5 Å². The molecule has 0 aromatic carbocycles. The minimum Gasteiger partial charge on any atom is -1.00 e. The number of halogens is 1. The first-order valence-electron chi connectivity index (χ1n) is 5.04. The van der Waals surface area contributed by atoms with Crippen LogP contribution in [-0.4, -0.2) is 6.04 Å². The van der Waals surface area contributed by atoms with Crippen LogP contribution >= 0.6 is 0 Å². The smallest absolute Gasteiger partial charge is 0.155 e. The van der Waals surface area contributed by atoms with E-state index in [1.165, 1.54) is 11.3 Å². The molecule has 0 spiro atoms. The summed E-state index contributed by atoms with van der Waals surface area (Å²) < 4.78 is 0. The third-order valence-electron chi connectivity index (χ3n) is 2.88. The quantitative estimate of drug-likeness (QED) is 0.460. The molecule has 1 aliphatic heterocycles. The van der Waals surface area contributed by atoms with E-state index in [0.29, 0.717) is 12.0 Å². The standard InChI is InChI=1S/C13H12N.HI/c1-3-7-12-10(5-1)9-11-6-2-4-8-13(11)14-12;/h1-4,7-9,11,13-14H,5H2;1H/q+1;/p-1. The molecule has 0 bridgehead atoms. The molecule has 2 atom stereocenters. The third kappa shape index (κ3) is 1.92. The number of fused-ring (bicyclic) bond motifs is 2. The minimum atomic E-state index is 0. The number of nitrogens with one attached hydrogen (secondary N) is 1. The largest absolute Gasteiger partial charge is 1.00 e. The highest BCUT2D eigenvalue weighted by atomic mass is 127. The first-order chi connectivity index (χ1) is 6.93. The molecule has 1 nitrogen and oxygen atoms in total. The monoisotopic (exact) mass is 309 g/mol. The summed E-state index contributed by atoms with van der Waals surface area (Å²) in [5.41, 5.74) is 2.69. The molecule has 0 aromatic rings. The van der Waals surface area contributed by atoms with E-state index in [0.717, 1.165) is 6.42 Å². The predicted molar refractivity (Wildman–Crippen MR) is 57.3 cm³/mol. The van der Waals surface area contributed by atoms with Crippen molar-refractivity contribution in [1.29, 1.82) is 0 Å². The van der Waals surface area contributed by atoms with Gasteiger partial charge in [-0.05, 0) is 24.1 Å². The Morgan fingerprint density at radius 1 is 1.33 bits per heavy atom. The van der Waals surface area contributed by atoms with Gasteiger partial charge in [0, 0.05) is 11.8 Å². The second kappa shape index (κ2) is 4.33. The Morgan fingerprint density at radius 3 is 3.20 bits per heavy atom. The molecule has 76 valence electrons. The van der Waals surface area contributed by atoms with Crippen LogP contribution in [0.25, 0.3) is 0 Å². The zero-order valence-corrected chi connectivity index (χ0v) is 10.4. The van der Waals surface area contributed by atoms with Gasteiger partial charge in [-0.15, -0.1) is 0 Å². The van der Waals surface area contributed by atoms with Gasteiger partial charge in [0.1, 0.15) is 5.92 Å². The predicted octanol–water partition coefficient (Wildman–Crippen LogP) is -0.722. The van der Waals surface area contributed by atoms with Gasteiger partial charge < -0.3 is 29.3 Å². The first-order valence-corrected chi connectivity index (χ1v) is 5.04. The molecule has 15 heavy (non-hydrogen) atoms. The summed E-state index contributed by atoms with van der Waals surface area (Å²) in [5, 5.41) is 3.53. The van der Waals surface area contributed by atoms with Crippen LogP contribution in [0.15, 0.2) is 53.8 Å². The molecule has 1 N–H and O–H groups in total. The zero-order valence-electron chi connectivity index (χ0n) is 8.28. The highest BCUT2D eigenvalue weighted by Gasteiger charge is 2.30. The maximum atomic E-state index is 3.53. The number of hydrogen-bond donors (Lipinski definition) is 1. The lowest BCUT2D eigenvalue weighted by Crippen LogP contribution is -3.00. The molecule has 0 fully saturated rings. The Balaban J connectivity index is 0.000000853. The maximum absolute atomic E-state index is 3.53. The van der Waals surface area contributed by atoms with E-state index >= 15 is 0 Å². The lowest BCUT2D eigenvalue weighted by atomic mass is 9.86.